The van der Waals surface area contributed by atoms with Gasteiger partial charge in [0.1, 0.15) is 37.9 Å². The summed E-state index contributed by atoms with van der Waals surface area (Å²) in [6.45, 7) is 7.56. The molecule has 1 unspecified atom stereocenters. The lowest BCUT2D eigenvalue weighted by Crippen LogP contribution is -2.29. The molecule has 1 atom stereocenters. The lowest BCUT2D eigenvalue weighted by atomic mass is 9.66. The average Bonchev–Trinajstić information content (AvgIpc) is 3.43. The van der Waals surface area contributed by atoms with Gasteiger partial charge in [0.25, 0.3) is 0 Å². The molecule has 7 rings (SSSR count). The Balaban J connectivity index is 1.40. The van der Waals surface area contributed by atoms with Crippen LogP contribution in [0, 0.1) is 0 Å². The van der Waals surface area contributed by atoms with Gasteiger partial charge in [-0.05, 0) is 79.9 Å². The minimum atomic E-state index is -0.689. The molecule has 0 fully saturated rings. The second kappa shape index (κ2) is 13.5. The van der Waals surface area contributed by atoms with Crippen LogP contribution in [0.5, 0.6) is 11.5 Å². The summed E-state index contributed by atoms with van der Waals surface area (Å²) in [5, 5.41) is 4.34. The molecule has 1 aliphatic carbocycles. The van der Waals surface area contributed by atoms with Crippen molar-refractivity contribution in [2.75, 3.05) is 26.4 Å². The topological polar surface area (TPSA) is 71.1 Å². The van der Waals surface area contributed by atoms with E-state index in [-0.39, 0.29) is 26.4 Å². The highest BCUT2D eigenvalue weighted by Crippen LogP contribution is 2.58. The Morgan fingerprint density at radius 3 is 1.88 bits per heavy atom. The molecular formula is C43H34O6. The molecule has 6 aromatic carbocycles. The van der Waals surface area contributed by atoms with E-state index in [1.807, 2.05) is 30.3 Å². The largest absolute Gasteiger partial charge is 0.490 e. The number of hydrogen-bond acceptors (Lipinski definition) is 6. The molecule has 0 radical (unpaired) electrons. The molecule has 0 aliphatic heterocycles. The van der Waals surface area contributed by atoms with Crippen LogP contribution < -0.4 is 9.47 Å². The highest BCUT2D eigenvalue weighted by molar-refractivity contribution is 6.00. The van der Waals surface area contributed by atoms with Gasteiger partial charge in [-0.3, -0.25) is 0 Å². The average molecular weight is 647 g/mol. The molecule has 0 spiro atoms. The van der Waals surface area contributed by atoms with Gasteiger partial charge in [0.15, 0.2) is 0 Å². The zero-order chi connectivity index (χ0) is 33.8. The fraction of sp³-hybridized carbons (Fsp3) is 0.116. The maximum absolute atomic E-state index is 11.6. The molecule has 6 nitrogen and oxygen atoms in total. The van der Waals surface area contributed by atoms with E-state index in [0.717, 1.165) is 39.4 Å². The van der Waals surface area contributed by atoms with E-state index in [2.05, 4.69) is 104 Å². The molecule has 6 heteroatoms. The molecule has 0 heterocycles. The molecule has 0 aromatic heterocycles. The summed E-state index contributed by atoms with van der Waals surface area (Å²) in [6, 6.07) is 42.4. The maximum atomic E-state index is 11.6. The van der Waals surface area contributed by atoms with Gasteiger partial charge in [-0.2, -0.15) is 0 Å². The SMILES string of the molecule is C=CC(=O)OCCOc1ccc(C2(c3ccc(OCCOC(=O)C=C)c4ccccc34)c3ccccc3-c3cc4ccccc4cc32)cc1. The predicted molar refractivity (Wildman–Crippen MR) is 192 cm³/mol. The van der Waals surface area contributed by atoms with Crippen LogP contribution in [0.3, 0.4) is 0 Å². The molecule has 0 saturated heterocycles. The Hall–Kier alpha value is -6.14. The quantitative estimate of drug-likeness (QED) is 0.0753. The zero-order valence-corrected chi connectivity index (χ0v) is 26.9. The van der Waals surface area contributed by atoms with Crippen molar-refractivity contribution in [3.63, 3.8) is 0 Å². The van der Waals surface area contributed by atoms with Crippen LogP contribution in [0.2, 0.25) is 0 Å². The van der Waals surface area contributed by atoms with Gasteiger partial charge in [0, 0.05) is 17.5 Å². The Morgan fingerprint density at radius 2 is 1.16 bits per heavy atom. The van der Waals surface area contributed by atoms with Crippen molar-refractivity contribution in [3.8, 4) is 22.6 Å². The minimum absolute atomic E-state index is 0.115. The van der Waals surface area contributed by atoms with Crippen molar-refractivity contribution in [3.05, 3.63) is 169 Å². The second-order valence-electron chi connectivity index (χ2n) is 11.7. The van der Waals surface area contributed by atoms with Crippen molar-refractivity contribution in [1.29, 1.82) is 0 Å². The van der Waals surface area contributed by atoms with Gasteiger partial charge in [-0.25, -0.2) is 9.59 Å². The van der Waals surface area contributed by atoms with E-state index in [1.165, 1.54) is 27.6 Å². The van der Waals surface area contributed by atoms with Crippen molar-refractivity contribution in [1.82, 2.24) is 0 Å². The van der Waals surface area contributed by atoms with Crippen LogP contribution in [0.15, 0.2) is 147 Å². The smallest absolute Gasteiger partial charge is 0.330 e. The first-order valence-corrected chi connectivity index (χ1v) is 16.1. The van der Waals surface area contributed by atoms with Crippen LogP contribution >= 0.6 is 0 Å². The number of rotatable bonds is 12. The highest BCUT2D eigenvalue weighted by atomic mass is 16.6. The number of hydrogen-bond donors (Lipinski definition) is 0. The third-order valence-electron chi connectivity index (χ3n) is 9.00. The van der Waals surface area contributed by atoms with E-state index >= 15 is 0 Å². The molecule has 0 saturated carbocycles. The van der Waals surface area contributed by atoms with Crippen LogP contribution in [0.4, 0.5) is 0 Å². The fourth-order valence-electron chi connectivity index (χ4n) is 6.96. The Labute approximate surface area is 284 Å². The summed E-state index contributed by atoms with van der Waals surface area (Å²) >= 11 is 0. The highest BCUT2D eigenvalue weighted by Gasteiger charge is 2.47. The van der Waals surface area contributed by atoms with Gasteiger partial charge in [-0.1, -0.05) is 104 Å². The van der Waals surface area contributed by atoms with Crippen LogP contribution in [-0.4, -0.2) is 38.4 Å². The first-order valence-electron chi connectivity index (χ1n) is 16.1. The molecule has 0 amide bonds. The van der Waals surface area contributed by atoms with Crippen LogP contribution in [0.1, 0.15) is 22.3 Å². The van der Waals surface area contributed by atoms with Gasteiger partial charge in [-0.15, -0.1) is 0 Å². The Bertz CT molecular complexity index is 2220. The first kappa shape index (κ1) is 31.5. The van der Waals surface area contributed by atoms with E-state index in [4.69, 9.17) is 18.9 Å². The molecule has 6 aromatic rings. The summed E-state index contributed by atoms with van der Waals surface area (Å²) in [5.41, 5.74) is 6.24. The number of ether oxygens (including phenoxy) is 4. The van der Waals surface area contributed by atoms with E-state index < -0.39 is 17.4 Å². The lowest BCUT2D eigenvalue weighted by molar-refractivity contribution is -0.139. The minimum Gasteiger partial charge on any atom is -0.490 e. The summed E-state index contributed by atoms with van der Waals surface area (Å²) in [4.78, 5) is 23.0. The van der Waals surface area contributed by atoms with Crippen LogP contribution in [0.25, 0.3) is 32.7 Å². The number of fused-ring (bicyclic) bond motifs is 5. The summed E-state index contributed by atoms with van der Waals surface area (Å²) in [6.07, 6.45) is 2.28. The fourth-order valence-corrected chi connectivity index (χ4v) is 6.96. The standard InChI is InChI=1S/C43H34O6/c1-3-41(44)48-25-23-46-32-19-17-31(18-20-32)43(37-16-10-9-14-34(37)36-27-29-11-5-6-12-30(29)28-39(36)43)38-21-22-40(35-15-8-7-13-33(35)38)47-24-26-49-42(45)4-2/h3-22,27-28H,1-2,23-26H2. The van der Waals surface area contributed by atoms with Crippen molar-refractivity contribution >= 4 is 33.5 Å². The molecule has 0 N–H and O–H groups in total. The summed E-state index contributed by atoms with van der Waals surface area (Å²) in [5.74, 6) is 0.413. The van der Waals surface area contributed by atoms with E-state index in [0.29, 0.717) is 11.5 Å². The molecule has 242 valence electrons. The zero-order valence-electron chi connectivity index (χ0n) is 26.9. The van der Waals surface area contributed by atoms with Crippen molar-refractivity contribution in [2.45, 2.75) is 5.41 Å². The normalized spacial score (nSPS) is 14.4. The van der Waals surface area contributed by atoms with Crippen molar-refractivity contribution < 1.29 is 28.5 Å². The third kappa shape index (κ3) is 5.72. The molecule has 1 aliphatic rings. The summed E-state index contributed by atoms with van der Waals surface area (Å²) in [7, 11) is 0. The van der Waals surface area contributed by atoms with Crippen molar-refractivity contribution in [2.24, 2.45) is 0 Å². The molecule has 49 heavy (non-hydrogen) atoms. The number of esters is 2. The Morgan fingerprint density at radius 1 is 0.551 bits per heavy atom. The maximum Gasteiger partial charge on any atom is 0.330 e. The number of carbonyl (C=O) groups excluding carboxylic acids is 2. The second-order valence-corrected chi connectivity index (χ2v) is 11.7. The van der Waals surface area contributed by atoms with Gasteiger partial charge >= 0.3 is 11.9 Å². The summed E-state index contributed by atoms with van der Waals surface area (Å²) < 4.78 is 22.4. The molecular weight excluding hydrogens is 612 g/mol. The first-order chi connectivity index (χ1) is 24.0. The third-order valence-corrected chi connectivity index (χ3v) is 9.00. The Kier molecular flexibility index (Phi) is 8.69. The van der Waals surface area contributed by atoms with Crippen LogP contribution in [-0.2, 0) is 24.5 Å². The number of benzene rings is 6. The van der Waals surface area contributed by atoms with E-state index in [9.17, 15) is 9.59 Å². The van der Waals surface area contributed by atoms with Gasteiger partial charge in [0.05, 0.1) is 5.41 Å². The lowest BCUT2D eigenvalue weighted by Gasteiger charge is -2.35. The van der Waals surface area contributed by atoms with Gasteiger partial charge < -0.3 is 18.9 Å². The monoisotopic (exact) mass is 646 g/mol. The number of carbonyl (C=O) groups is 2. The molecule has 0 bridgehead atoms. The predicted octanol–water partition coefficient (Wildman–Crippen LogP) is 8.57. The van der Waals surface area contributed by atoms with Gasteiger partial charge in [0.2, 0.25) is 0 Å². The van der Waals surface area contributed by atoms with E-state index in [1.54, 1.807) is 0 Å².